The minimum Gasteiger partial charge on any atom is -0.461 e. The summed E-state index contributed by atoms with van der Waals surface area (Å²) >= 11 is 0.949. The van der Waals surface area contributed by atoms with E-state index in [4.69, 9.17) is 10.00 Å². The number of thiazole rings is 1. The van der Waals surface area contributed by atoms with Crippen LogP contribution in [-0.2, 0) is 15.7 Å². The molecule has 1 aromatic heterocycles. The number of ether oxygens (including phenoxy) is 1. The number of hydrogen-bond donors (Lipinski definition) is 2. The molecule has 8 nitrogen and oxygen atoms in total. The molecule has 2 aromatic rings. The smallest absolute Gasteiger partial charge is 0.416 e. The van der Waals surface area contributed by atoms with Crippen molar-refractivity contribution in [2.45, 2.75) is 32.9 Å². The molecule has 2 N–H and O–H groups in total. The van der Waals surface area contributed by atoms with Crippen molar-refractivity contribution in [2.24, 2.45) is 0 Å². The number of hydrogen-bond acceptors (Lipinski definition) is 7. The van der Waals surface area contributed by atoms with Crippen LogP contribution < -0.4 is 10.6 Å². The van der Waals surface area contributed by atoms with Gasteiger partial charge in [-0.1, -0.05) is 18.3 Å². The number of nitriles is 1. The third-order valence-corrected chi connectivity index (χ3v) is 5.01. The number of nitrogens with zero attached hydrogens (tertiary/aromatic N) is 2. The first kappa shape index (κ1) is 24.8. The summed E-state index contributed by atoms with van der Waals surface area (Å²) in [5, 5.41) is 13.9. The number of rotatable bonds is 8. The van der Waals surface area contributed by atoms with Crippen molar-refractivity contribution in [3.63, 3.8) is 0 Å². The number of amides is 2. The first-order valence-electron chi connectivity index (χ1n) is 9.40. The van der Waals surface area contributed by atoms with Crippen LogP contribution in [0.5, 0.6) is 0 Å². The van der Waals surface area contributed by atoms with Gasteiger partial charge in [-0.25, -0.2) is 9.78 Å². The predicted octanol–water partition coefficient (Wildman–Crippen LogP) is 3.67. The third kappa shape index (κ3) is 6.78. The topological polar surface area (TPSA) is 121 Å². The van der Waals surface area contributed by atoms with Crippen molar-refractivity contribution in [1.82, 2.24) is 10.3 Å². The van der Waals surface area contributed by atoms with Crippen molar-refractivity contribution in [1.29, 1.82) is 5.26 Å². The molecule has 0 aliphatic rings. The Balaban J connectivity index is 1.93. The van der Waals surface area contributed by atoms with Crippen LogP contribution in [-0.4, -0.2) is 35.9 Å². The maximum atomic E-state index is 12.9. The summed E-state index contributed by atoms with van der Waals surface area (Å²) in [6, 6.07) is 3.89. The molecule has 0 saturated heterocycles. The molecule has 0 radical (unpaired) electrons. The summed E-state index contributed by atoms with van der Waals surface area (Å²) in [4.78, 5) is 40.5. The molecule has 0 saturated carbocycles. The van der Waals surface area contributed by atoms with Crippen LogP contribution in [0.25, 0.3) is 0 Å². The minimum atomic E-state index is -4.71. The van der Waals surface area contributed by atoms with Crippen LogP contribution in [0, 0.1) is 18.3 Å². The van der Waals surface area contributed by atoms with Gasteiger partial charge in [0.15, 0.2) is 5.13 Å². The number of halogens is 3. The van der Waals surface area contributed by atoms with E-state index in [1.165, 1.54) is 0 Å². The quantitative estimate of drug-likeness (QED) is 0.571. The monoisotopic (exact) mass is 468 g/mol. The van der Waals surface area contributed by atoms with Crippen LogP contribution in [0.2, 0.25) is 0 Å². The molecule has 0 spiro atoms. The van der Waals surface area contributed by atoms with E-state index in [1.54, 1.807) is 13.0 Å². The Morgan fingerprint density at radius 2 is 1.97 bits per heavy atom. The van der Waals surface area contributed by atoms with E-state index in [0.29, 0.717) is 24.2 Å². The van der Waals surface area contributed by atoms with Crippen LogP contribution in [0.4, 0.5) is 18.3 Å². The normalized spacial score (nSPS) is 10.9. The number of esters is 1. The van der Waals surface area contributed by atoms with E-state index in [-0.39, 0.29) is 40.7 Å². The first-order valence-corrected chi connectivity index (χ1v) is 10.2. The van der Waals surface area contributed by atoms with Gasteiger partial charge >= 0.3 is 12.1 Å². The maximum absolute atomic E-state index is 12.9. The van der Waals surface area contributed by atoms with Gasteiger partial charge in [0, 0.05) is 18.5 Å². The fraction of sp³-hybridized carbons (Fsp3) is 0.350. The van der Waals surface area contributed by atoms with Gasteiger partial charge in [0.25, 0.3) is 5.91 Å². The third-order valence-electron chi connectivity index (χ3n) is 3.95. The van der Waals surface area contributed by atoms with E-state index >= 15 is 0 Å². The lowest BCUT2D eigenvalue weighted by molar-refractivity contribution is -0.137. The molecule has 170 valence electrons. The number of benzene rings is 1. The number of aryl methyl sites for hydroxylation is 1. The van der Waals surface area contributed by atoms with Gasteiger partial charge in [0.2, 0.25) is 5.91 Å². The van der Waals surface area contributed by atoms with Gasteiger partial charge in [-0.3, -0.25) is 9.59 Å². The molecule has 12 heteroatoms. The van der Waals surface area contributed by atoms with Gasteiger partial charge in [-0.05, 0) is 31.5 Å². The predicted molar refractivity (Wildman–Crippen MR) is 109 cm³/mol. The van der Waals surface area contributed by atoms with E-state index in [2.05, 4.69) is 15.6 Å². The molecular formula is C20H19F3N4O4S. The van der Waals surface area contributed by atoms with Crippen molar-refractivity contribution in [3.8, 4) is 6.07 Å². The van der Waals surface area contributed by atoms with E-state index < -0.39 is 29.5 Å². The zero-order valence-electron chi connectivity index (χ0n) is 17.1. The van der Waals surface area contributed by atoms with E-state index in [0.717, 1.165) is 17.4 Å². The summed E-state index contributed by atoms with van der Waals surface area (Å²) < 4.78 is 43.8. The fourth-order valence-electron chi connectivity index (χ4n) is 2.46. The molecule has 0 aliphatic heterocycles. The number of nitrogens with one attached hydrogen (secondary N) is 2. The average molecular weight is 468 g/mol. The summed E-state index contributed by atoms with van der Waals surface area (Å²) in [5.41, 5.74) is -1.37. The van der Waals surface area contributed by atoms with Crippen molar-refractivity contribution in [3.05, 3.63) is 45.5 Å². The average Bonchev–Trinajstić information content (AvgIpc) is 3.10. The van der Waals surface area contributed by atoms with E-state index in [1.807, 2.05) is 6.92 Å². The second-order valence-electron chi connectivity index (χ2n) is 6.53. The van der Waals surface area contributed by atoms with Crippen LogP contribution >= 0.6 is 11.3 Å². The summed E-state index contributed by atoms with van der Waals surface area (Å²) in [6.45, 7) is 3.55. The van der Waals surface area contributed by atoms with Gasteiger partial charge in [-0.15, -0.1) is 0 Å². The molecule has 0 atom stereocenters. The molecule has 2 amide bonds. The molecule has 0 bridgehead atoms. The molecule has 32 heavy (non-hydrogen) atoms. The van der Waals surface area contributed by atoms with Crippen molar-refractivity contribution < 1.29 is 32.3 Å². The molecule has 2 rings (SSSR count). The van der Waals surface area contributed by atoms with Crippen molar-refractivity contribution >= 4 is 34.3 Å². The summed E-state index contributed by atoms with van der Waals surface area (Å²) in [5.74, 6) is -1.91. The second kappa shape index (κ2) is 10.7. The molecule has 1 heterocycles. The van der Waals surface area contributed by atoms with Crippen LogP contribution in [0.15, 0.2) is 18.2 Å². The highest BCUT2D eigenvalue weighted by atomic mass is 32.1. The Hall–Kier alpha value is -3.46. The highest BCUT2D eigenvalue weighted by Crippen LogP contribution is 2.30. The van der Waals surface area contributed by atoms with Gasteiger partial charge in [-0.2, -0.15) is 18.4 Å². The van der Waals surface area contributed by atoms with Crippen LogP contribution in [0.3, 0.4) is 0 Å². The minimum absolute atomic E-state index is 0.168. The lowest BCUT2D eigenvalue weighted by Crippen LogP contribution is -2.28. The Morgan fingerprint density at radius 3 is 2.59 bits per heavy atom. The highest BCUT2D eigenvalue weighted by molar-refractivity contribution is 7.17. The molecule has 0 fully saturated rings. The lowest BCUT2D eigenvalue weighted by Gasteiger charge is -2.10. The Labute approximate surface area is 185 Å². The van der Waals surface area contributed by atoms with E-state index in [9.17, 15) is 27.6 Å². The van der Waals surface area contributed by atoms with Gasteiger partial charge < -0.3 is 15.4 Å². The van der Waals surface area contributed by atoms with Crippen LogP contribution in [0.1, 0.15) is 56.6 Å². The Kier molecular flexibility index (Phi) is 8.31. The number of alkyl halides is 3. The lowest BCUT2D eigenvalue weighted by atomic mass is 10.1. The molecular weight excluding hydrogens is 449 g/mol. The number of carbonyl (C=O) groups is 3. The van der Waals surface area contributed by atoms with Crippen molar-refractivity contribution in [2.75, 3.05) is 18.5 Å². The number of aromatic nitrogens is 1. The largest absolute Gasteiger partial charge is 0.461 e. The fourth-order valence-corrected chi connectivity index (χ4v) is 3.34. The van der Waals surface area contributed by atoms with Gasteiger partial charge in [0.05, 0.1) is 29.5 Å². The molecule has 1 aromatic carbocycles. The first-order chi connectivity index (χ1) is 15.0. The zero-order valence-corrected chi connectivity index (χ0v) is 17.9. The zero-order chi connectivity index (χ0) is 23.9. The second-order valence-corrected chi connectivity index (χ2v) is 7.53. The molecule has 0 aliphatic carbocycles. The highest BCUT2D eigenvalue weighted by Gasteiger charge is 2.31. The standard InChI is InChI=1S/C20H19F3N4O4S/c1-3-6-31-18(30)16-11(2)26-19(32-16)27-15(28)4-5-25-17(29)13-7-12(10-24)8-14(9-13)20(21,22)23/h7-9H,3-6H2,1-2H3,(H,25,29)(H,26,27,28). The SMILES string of the molecule is CCCOC(=O)c1sc(NC(=O)CCNC(=O)c2cc(C#N)cc(C(F)(F)F)c2)nc1C. The Bertz CT molecular complexity index is 1060. The van der Waals surface area contributed by atoms with Gasteiger partial charge in [0.1, 0.15) is 4.88 Å². The number of anilines is 1. The molecule has 0 unspecified atom stereocenters. The maximum Gasteiger partial charge on any atom is 0.416 e. The number of carbonyl (C=O) groups excluding carboxylic acids is 3. The summed E-state index contributed by atoms with van der Waals surface area (Å²) in [7, 11) is 0. The Morgan fingerprint density at radius 1 is 1.25 bits per heavy atom. The summed E-state index contributed by atoms with van der Waals surface area (Å²) in [6.07, 6.45) is -4.24.